The normalized spacial score (nSPS) is 17.8. The zero-order valence-corrected chi connectivity index (χ0v) is 16.1. The van der Waals surface area contributed by atoms with E-state index in [0.717, 1.165) is 48.8 Å². The van der Waals surface area contributed by atoms with E-state index in [4.69, 9.17) is 0 Å². The quantitative estimate of drug-likeness (QED) is 0.394. The molecule has 0 amide bonds. The fourth-order valence-corrected chi connectivity index (χ4v) is 3.22. The molecule has 2 aliphatic carbocycles. The standard InChI is InChI=1S/C18H26FN3.HI/c1-20-18(21-10-9-13-3-2-4-16(19)11-13)22-12-17(14-5-6-14)15-7-8-15;/h2-4,11,14-15,17H,5-10,12H2,1H3,(H2,20,21,22);1H. The molecule has 0 unspecified atom stereocenters. The van der Waals surface area contributed by atoms with Gasteiger partial charge in [0.25, 0.3) is 0 Å². The summed E-state index contributed by atoms with van der Waals surface area (Å²) >= 11 is 0. The van der Waals surface area contributed by atoms with Crippen molar-refractivity contribution in [3.8, 4) is 0 Å². The van der Waals surface area contributed by atoms with Crippen molar-refractivity contribution in [2.75, 3.05) is 20.1 Å². The minimum atomic E-state index is -0.170. The first kappa shape index (κ1) is 18.5. The molecule has 0 bridgehead atoms. The molecule has 128 valence electrons. The monoisotopic (exact) mass is 431 g/mol. The van der Waals surface area contributed by atoms with Crippen molar-refractivity contribution in [3.63, 3.8) is 0 Å². The molecule has 1 aromatic rings. The first-order valence-electron chi connectivity index (χ1n) is 8.45. The average molecular weight is 431 g/mol. The third kappa shape index (κ3) is 5.94. The second-order valence-electron chi connectivity index (χ2n) is 6.60. The number of rotatable bonds is 7. The molecule has 3 nitrogen and oxygen atoms in total. The first-order valence-corrected chi connectivity index (χ1v) is 8.45. The Morgan fingerprint density at radius 2 is 1.91 bits per heavy atom. The van der Waals surface area contributed by atoms with Crippen molar-refractivity contribution in [1.82, 2.24) is 10.6 Å². The number of halogens is 2. The topological polar surface area (TPSA) is 36.4 Å². The number of aliphatic imine (C=N–C) groups is 1. The molecule has 0 spiro atoms. The van der Waals surface area contributed by atoms with Gasteiger partial charge < -0.3 is 10.6 Å². The fraction of sp³-hybridized carbons (Fsp3) is 0.611. The zero-order valence-electron chi connectivity index (χ0n) is 13.7. The van der Waals surface area contributed by atoms with Crippen molar-refractivity contribution in [1.29, 1.82) is 0 Å². The summed E-state index contributed by atoms with van der Waals surface area (Å²) in [4.78, 5) is 4.29. The number of benzene rings is 1. The number of guanidine groups is 1. The van der Waals surface area contributed by atoms with Gasteiger partial charge in [-0.2, -0.15) is 0 Å². The van der Waals surface area contributed by atoms with E-state index in [0.29, 0.717) is 0 Å². The zero-order chi connectivity index (χ0) is 15.4. The molecule has 0 saturated heterocycles. The van der Waals surface area contributed by atoms with E-state index in [9.17, 15) is 4.39 Å². The van der Waals surface area contributed by atoms with Gasteiger partial charge in [-0.1, -0.05) is 12.1 Å². The summed E-state index contributed by atoms with van der Waals surface area (Å²) in [5.41, 5.74) is 1.01. The second-order valence-corrected chi connectivity index (χ2v) is 6.60. The smallest absolute Gasteiger partial charge is 0.190 e. The SMILES string of the molecule is CN=C(NCCc1cccc(F)c1)NCC(C1CC1)C1CC1.I. The highest BCUT2D eigenvalue weighted by molar-refractivity contribution is 14.0. The Labute approximate surface area is 155 Å². The molecule has 23 heavy (non-hydrogen) atoms. The molecule has 2 saturated carbocycles. The molecular formula is C18H27FIN3. The van der Waals surface area contributed by atoms with Crippen LogP contribution in [0.5, 0.6) is 0 Å². The molecular weight excluding hydrogens is 404 g/mol. The molecule has 0 aliphatic heterocycles. The van der Waals surface area contributed by atoms with Crippen LogP contribution in [0.2, 0.25) is 0 Å². The van der Waals surface area contributed by atoms with E-state index in [2.05, 4.69) is 15.6 Å². The van der Waals surface area contributed by atoms with Crippen LogP contribution in [0.1, 0.15) is 31.2 Å². The van der Waals surface area contributed by atoms with E-state index in [-0.39, 0.29) is 29.8 Å². The summed E-state index contributed by atoms with van der Waals surface area (Å²) in [6.07, 6.45) is 6.44. The van der Waals surface area contributed by atoms with E-state index in [1.165, 1.54) is 31.7 Å². The summed E-state index contributed by atoms with van der Waals surface area (Å²) in [6, 6.07) is 6.78. The molecule has 0 atom stereocenters. The molecule has 2 aliphatic rings. The van der Waals surface area contributed by atoms with Crippen molar-refractivity contribution >= 4 is 29.9 Å². The van der Waals surface area contributed by atoms with Crippen LogP contribution in [-0.2, 0) is 6.42 Å². The largest absolute Gasteiger partial charge is 0.356 e. The van der Waals surface area contributed by atoms with Gasteiger partial charge in [0.1, 0.15) is 5.82 Å². The maximum absolute atomic E-state index is 13.1. The first-order chi connectivity index (χ1) is 10.8. The lowest BCUT2D eigenvalue weighted by Gasteiger charge is -2.18. The van der Waals surface area contributed by atoms with Crippen LogP contribution >= 0.6 is 24.0 Å². The fourth-order valence-electron chi connectivity index (χ4n) is 3.22. The van der Waals surface area contributed by atoms with Crippen LogP contribution in [0.25, 0.3) is 0 Å². The highest BCUT2D eigenvalue weighted by Gasteiger charge is 2.41. The van der Waals surface area contributed by atoms with Gasteiger partial charge in [0.15, 0.2) is 5.96 Å². The van der Waals surface area contributed by atoms with Crippen LogP contribution in [0.3, 0.4) is 0 Å². The summed E-state index contributed by atoms with van der Waals surface area (Å²) < 4.78 is 13.1. The van der Waals surface area contributed by atoms with Gasteiger partial charge in [0, 0.05) is 20.1 Å². The van der Waals surface area contributed by atoms with Crippen molar-refractivity contribution < 1.29 is 4.39 Å². The minimum absolute atomic E-state index is 0. The predicted octanol–water partition coefficient (Wildman–Crippen LogP) is 3.59. The van der Waals surface area contributed by atoms with Crippen molar-refractivity contribution in [2.24, 2.45) is 22.7 Å². The van der Waals surface area contributed by atoms with Crippen molar-refractivity contribution in [2.45, 2.75) is 32.1 Å². The molecule has 5 heteroatoms. The molecule has 0 heterocycles. The maximum Gasteiger partial charge on any atom is 0.190 e. The Morgan fingerprint density at radius 1 is 1.22 bits per heavy atom. The van der Waals surface area contributed by atoms with Gasteiger partial charge in [-0.3, -0.25) is 4.99 Å². The number of hydrogen-bond acceptors (Lipinski definition) is 1. The number of hydrogen-bond donors (Lipinski definition) is 2. The van der Waals surface area contributed by atoms with Gasteiger partial charge in [0.2, 0.25) is 0 Å². The van der Waals surface area contributed by atoms with Crippen LogP contribution in [0.15, 0.2) is 29.3 Å². The van der Waals surface area contributed by atoms with Crippen LogP contribution in [0, 0.1) is 23.6 Å². The van der Waals surface area contributed by atoms with Gasteiger partial charge >= 0.3 is 0 Å². The average Bonchev–Trinajstić information content (AvgIpc) is 3.38. The Balaban J connectivity index is 0.00000192. The molecule has 0 radical (unpaired) electrons. The minimum Gasteiger partial charge on any atom is -0.356 e. The van der Waals surface area contributed by atoms with E-state index in [1.54, 1.807) is 19.2 Å². The summed E-state index contributed by atoms with van der Waals surface area (Å²) in [6.45, 7) is 1.80. The third-order valence-corrected chi connectivity index (χ3v) is 4.78. The Bertz CT molecular complexity index is 515. The predicted molar refractivity (Wildman–Crippen MR) is 104 cm³/mol. The summed E-state index contributed by atoms with van der Waals surface area (Å²) in [5.74, 6) is 3.43. The van der Waals surface area contributed by atoms with Crippen molar-refractivity contribution in [3.05, 3.63) is 35.6 Å². The van der Waals surface area contributed by atoms with Gasteiger partial charge in [-0.25, -0.2) is 4.39 Å². The maximum atomic E-state index is 13.1. The van der Waals surface area contributed by atoms with Gasteiger partial charge in [-0.05, 0) is 67.6 Å². The Morgan fingerprint density at radius 3 is 2.48 bits per heavy atom. The Kier molecular flexibility index (Phi) is 7.11. The molecule has 3 rings (SSSR count). The summed E-state index contributed by atoms with van der Waals surface area (Å²) in [7, 11) is 1.81. The molecule has 0 aromatic heterocycles. The van der Waals surface area contributed by atoms with Crippen LogP contribution < -0.4 is 10.6 Å². The highest BCUT2D eigenvalue weighted by atomic mass is 127. The lowest BCUT2D eigenvalue weighted by molar-refractivity contribution is 0.400. The van der Waals surface area contributed by atoms with E-state index in [1.807, 2.05) is 6.07 Å². The molecule has 2 fully saturated rings. The van der Waals surface area contributed by atoms with Gasteiger partial charge in [0.05, 0.1) is 0 Å². The number of nitrogens with zero attached hydrogens (tertiary/aromatic N) is 1. The lowest BCUT2D eigenvalue weighted by Crippen LogP contribution is -2.41. The Hall–Kier alpha value is -0.850. The van der Waals surface area contributed by atoms with Gasteiger partial charge in [-0.15, -0.1) is 24.0 Å². The van der Waals surface area contributed by atoms with Crippen LogP contribution in [0.4, 0.5) is 4.39 Å². The second kappa shape index (κ2) is 8.85. The highest BCUT2D eigenvalue weighted by Crippen LogP contribution is 2.48. The third-order valence-electron chi connectivity index (χ3n) is 4.78. The van der Waals surface area contributed by atoms with E-state index >= 15 is 0 Å². The summed E-state index contributed by atoms with van der Waals surface area (Å²) in [5, 5.41) is 6.80. The van der Waals surface area contributed by atoms with Crippen LogP contribution in [-0.4, -0.2) is 26.1 Å². The lowest BCUT2D eigenvalue weighted by atomic mass is 9.98. The van der Waals surface area contributed by atoms with E-state index < -0.39 is 0 Å². The molecule has 2 N–H and O–H groups in total. The number of nitrogens with one attached hydrogen (secondary N) is 2. The molecule has 1 aromatic carbocycles.